The van der Waals surface area contributed by atoms with Crippen LogP contribution in [0, 0.1) is 17.8 Å². The van der Waals surface area contributed by atoms with Crippen molar-refractivity contribution in [2.45, 2.75) is 52.5 Å². The highest BCUT2D eigenvalue weighted by molar-refractivity contribution is 5.94. The molecule has 0 spiro atoms. The molecule has 5 heteroatoms. The number of amides is 2. The van der Waals surface area contributed by atoms with E-state index in [9.17, 15) is 14.7 Å². The molecule has 0 bridgehead atoms. The molecule has 27 heavy (non-hydrogen) atoms. The van der Waals surface area contributed by atoms with Gasteiger partial charge in [0.15, 0.2) is 0 Å². The van der Waals surface area contributed by atoms with Gasteiger partial charge in [-0.15, -0.1) is 0 Å². The first-order valence-corrected chi connectivity index (χ1v) is 10.2. The van der Waals surface area contributed by atoms with E-state index in [1.807, 2.05) is 35.2 Å². The summed E-state index contributed by atoms with van der Waals surface area (Å²) < 4.78 is 0. The topological polar surface area (TPSA) is 69.6 Å². The summed E-state index contributed by atoms with van der Waals surface area (Å²) in [4.78, 5) is 27.1. The minimum Gasteiger partial charge on any atom is -0.394 e. The van der Waals surface area contributed by atoms with Crippen LogP contribution in [0.4, 0.5) is 0 Å². The quantitative estimate of drug-likeness (QED) is 0.735. The van der Waals surface area contributed by atoms with Gasteiger partial charge >= 0.3 is 0 Å². The smallest absolute Gasteiger partial charge is 0.253 e. The van der Waals surface area contributed by atoms with Gasteiger partial charge in [0.25, 0.3) is 5.91 Å². The predicted octanol–water partition coefficient (Wildman–Crippen LogP) is 3.09. The number of piperidine rings is 1. The lowest BCUT2D eigenvalue weighted by Crippen LogP contribution is -2.46. The average molecular weight is 375 g/mol. The van der Waals surface area contributed by atoms with Crippen LogP contribution in [0.25, 0.3) is 0 Å². The molecule has 0 saturated carbocycles. The van der Waals surface area contributed by atoms with Gasteiger partial charge in [-0.05, 0) is 42.7 Å². The Morgan fingerprint density at radius 3 is 2.52 bits per heavy atom. The number of carbonyl (C=O) groups excluding carboxylic acids is 2. The van der Waals surface area contributed by atoms with Crippen LogP contribution in [0.3, 0.4) is 0 Å². The summed E-state index contributed by atoms with van der Waals surface area (Å²) in [6, 6.07) is 9.22. The Hall–Kier alpha value is -1.88. The second-order valence-corrected chi connectivity index (χ2v) is 8.11. The van der Waals surface area contributed by atoms with E-state index in [0.717, 1.165) is 24.8 Å². The van der Waals surface area contributed by atoms with Gasteiger partial charge < -0.3 is 15.3 Å². The Kier molecular flexibility index (Phi) is 8.29. The Balaban J connectivity index is 1.91. The maximum atomic E-state index is 12.7. The molecule has 3 atom stereocenters. The van der Waals surface area contributed by atoms with E-state index in [2.05, 4.69) is 26.1 Å². The molecular formula is C22H34N2O3. The zero-order valence-corrected chi connectivity index (χ0v) is 16.9. The molecule has 1 heterocycles. The molecule has 1 aromatic rings. The third kappa shape index (κ3) is 6.35. The molecule has 5 nitrogen and oxygen atoms in total. The lowest BCUT2D eigenvalue weighted by atomic mass is 9.81. The second-order valence-electron chi connectivity index (χ2n) is 8.11. The Labute approximate surface area is 163 Å². The summed E-state index contributed by atoms with van der Waals surface area (Å²) in [7, 11) is 0. The van der Waals surface area contributed by atoms with E-state index in [1.165, 1.54) is 0 Å². The minimum absolute atomic E-state index is 0.0148. The van der Waals surface area contributed by atoms with Crippen molar-refractivity contribution in [1.82, 2.24) is 10.2 Å². The van der Waals surface area contributed by atoms with E-state index in [1.54, 1.807) is 0 Å². The maximum absolute atomic E-state index is 12.7. The van der Waals surface area contributed by atoms with Crippen molar-refractivity contribution in [3.05, 3.63) is 35.9 Å². The number of nitrogens with zero attached hydrogens (tertiary/aromatic N) is 1. The summed E-state index contributed by atoms with van der Waals surface area (Å²) in [5.74, 6) is 1.14. The van der Waals surface area contributed by atoms with E-state index in [4.69, 9.17) is 0 Å². The zero-order chi connectivity index (χ0) is 19.8. The van der Waals surface area contributed by atoms with Crippen LogP contribution >= 0.6 is 0 Å². The van der Waals surface area contributed by atoms with Crippen molar-refractivity contribution in [3.63, 3.8) is 0 Å². The Bertz CT molecular complexity index is 603. The molecule has 2 rings (SSSR count). The number of likely N-dealkylation sites (tertiary alicyclic amines) is 1. The van der Waals surface area contributed by atoms with Gasteiger partial charge in [-0.2, -0.15) is 0 Å². The third-order valence-corrected chi connectivity index (χ3v) is 5.51. The number of hydrogen-bond donors (Lipinski definition) is 2. The number of carbonyl (C=O) groups is 2. The van der Waals surface area contributed by atoms with Gasteiger partial charge in [-0.3, -0.25) is 9.59 Å². The number of rotatable bonds is 8. The van der Waals surface area contributed by atoms with Crippen molar-refractivity contribution in [3.8, 4) is 0 Å². The lowest BCUT2D eigenvalue weighted by Gasteiger charge is -2.38. The fraction of sp³-hybridized carbons (Fsp3) is 0.636. The highest BCUT2D eigenvalue weighted by Crippen LogP contribution is 2.30. The van der Waals surface area contributed by atoms with Crippen LogP contribution in [-0.4, -0.2) is 47.6 Å². The first kappa shape index (κ1) is 21.4. The highest BCUT2D eigenvalue weighted by Gasteiger charge is 2.32. The fourth-order valence-electron chi connectivity index (χ4n) is 4.03. The summed E-state index contributed by atoms with van der Waals surface area (Å²) in [5, 5.41) is 12.5. The number of aliphatic hydroxyl groups is 1. The predicted molar refractivity (Wildman–Crippen MR) is 107 cm³/mol. The highest BCUT2D eigenvalue weighted by atomic mass is 16.3. The normalized spacial score (nSPS) is 21.1. The summed E-state index contributed by atoms with van der Waals surface area (Å²) in [6.45, 7) is 7.67. The van der Waals surface area contributed by atoms with Crippen LogP contribution < -0.4 is 5.32 Å². The van der Waals surface area contributed by atoms with Gasteiger partial charge in [0.2, 0.25) is 5.91 Å². The first-order chi connectivity index (χ1) is 12.9. The average Bonchev–Trinajstić information content (AvgIpc) is 2.67. The van der Waals surface area contributed by atoms with Crippen molar-refractivity contribution in [1.29, 1.82) is 0 Å². The van der Waals surface area contributed by atoms with Crippen molar-refractivity contribution in [2.24, 2.45) is 17.8 Å². The Morgan fingerprint density at radius 1 is 1.22 bits per heavy atom. The molecule has 1 aliphatic heterocycles. The first-order valence-electron chi connectivity index (χ1n) is 10.2. The molecule has 2 amide bonds. The van der Waals surface area contributed by atoms with Crippen molar-refractivity contribution < 1.29 is 14.7 Å². The molecule has 1 aliphatic rings. The van der Waals surface area contributed by atoms with Gasteiger partial charge in [-0.25, -0.2) is 0 Å². The van der Waals surface area contributed by atoms with Crippen LogP contribution in [0.5, 0.6) is 0 Å². The summed E-state index contributed by atoms with van der Waals surface area (Å²) in [5.41, 5.74) is 0.725. The zero-order valence-electron chi connectivity index (χ0n) is 16.9. The summed E-state index contributed by atoms with van der Waals surface area (Å²) in [6.07, 6.45) is 3.05. The van der Waals surface area contributed by atoms with Gasteiger partial charge in [0.1, 0.15) is 0 Å². The number of aliphatic hydroxyl groups excluding tert-OH is 1. The standard InChI is InChI=1S/C22H34N2O3/c1-4-17-14-24(22(27)18-8-6-5-7-9-18)11-10-19(17)13-21(26)23-20(15-25)12-16(2)3/h5-9,16-17,19-20,25H,4,10-15H2,1-3H3,(H,23,26)/t17-,19+,20-/m1/s1. The van der Waals surface area contributed by atoms with Crippen LogP contribution in [0.1, 0.15) is 56.8 Å². The van der Waals surface area contributed by atoms with Crippen LogP contribution in [0.15, 0.2) is 30.3 Å². The largest absolute Gasteiger partial charge is 0.394 e. The molecule has 1 fully saturated rings. The molecule has 150 valence electrons. The number of nitrogens with one attached hydrogen (secondary N) is 1. The SMILES string of the molecule is CC[C@@H]1CN(C(=O)c2ccccc2)CC[C@H]1CC(=O)N[C@@H](CO)CC(C)C. The monoisotopic (exact) mass is 374 g/mol. The second kappa shape index (κ2) is 10.5. The molecule has 0 radical (unpaired) electrons. The van der Waals surface area contributed by atoms with E-state index in [0.29, 0.717) is 31.3 Å². The van der Waals surface area contributed by atoms with Crippen LogP contribution in [-0.2, 0) is 4.79 Å². The number of hydrogen-bond acceptors (Lipinski definition) is 3. The molecular weight excluding hydrogens is 340 g/mol. The lowest BCUT2D eigenvalue weighted by molar-refractivity contribution is -0.124. The van der Waals surface area contributed by atoms with Gasteiger partial charge in [0.05, 0.1) is 12.6 Å². The molecule has 0 unspecified atom stereocenters. The van der Waals surface area contributed by atoms with Crippen molar-refractivity contribution in [2.75, 3.05) is 19.7 Å². The fourth-order valence-corrected chi connectivity index (χ4v) is 4.03. The third-order valence-electron chi connectivity index (χ3n) is 5.51. The van der Waals surface area contributed by atoms with Gasteiger partial charge in [-0.1, -0.05) is 45.4 Å². The van der Waals surface area contributed by atoms with Crippen LogP contribution in [0.2, 0.25) is 0 Å². The Morgan fingerprint density at radius 2 is 1.93 bits per heavy atom. The molecule has 0 aromatic heterocycles. The molecule has 2 N–H and O–H groups in total. The van der Waals surface area contributed by atoms with E-state index >= 15 is 0 Å². The van der Waals surface area contributed by atoms with E-state index in [-0.39, 0.29) is 30.4 Å². The van der Waals surface area contributed by atoms with Gasteiger partial charge in [0, 0.05) is 25.1 Å². The minimum atomic E-state index is -0.169. The van der Waals surface area contributed by atoms with Crippen molar-refractivity contribution >= 4 is 11.8 Å². The maximum Gasteiger partial charge on any atom is 0.253 e. The molecule has 1 aromatic carbocycles. The number of benzene rings is 1. The molecule has 1 saturated heterocycles. The molecule has 0 aliphatic carbocycles. The van der Waals surface area contributed by atoms with E-state index < -0.39 is 0 Å². The summed E-state index contributed by atoms with van der Waals surface area (Å²) >= 11 is 0.